The highest BCUT2D eigenvalue weighted by Crippen LogP contribution is 2.49. The molecule has 2 aliphatic rings. The van der Waals surface area contributed by atoms with Crippen molar-refractivity contribution < 1.29 is 0 Å². The average molecular weight is 192 g/mol. The van der Waals surface area contributed by atoms with Gasteiger partial charge in [-0.3, -0.25) is 0 Å². The first-order valence-corrected chi connectivity index (χ1v) is 5.87. The van der Waals surface area contributed by atoms with E-state index in [2.05, 4.69) is 17.9 Å². The second-order valence-electron chi connectivity index (χ2n) is 5.15. The van der Waals surface area contributed by atoms with E-state index in [0.717, 1.165) is 12.5 Å². The second-order valence-corrected chi connectivity index (χ2v) is 5.15. The smallest absolute Gasteiger partial charge is 0.0628 e. The molecule has 0 N–H and O–H groups in total. The van der Waals surface area contributed by atoms with Crippen molar-refractivity contribution in [1.29, 1.82) is 5.26 Å². The minimum Gasteiger partial charge on any atom is -0.300 e. The maximum Gasteiger partial charge on any atom is 0.0628 e. The Hall–Kier alpha value is -0.550. The highest BCUT2D eigenvalue weighted by atomic mass is 15.2. The molecule has 1 saturated heterocycles. The van der Waals surface area contributed by atoms with Gasteiger partial charge in [0.15, 0.2) is 0 Å². The Kier molecular flexibility index (Phi) is 2.78. The van der Waals surface area contributed by atoms with Crippen molar-refractivity contribution in [2.45, 2.75) is 51.5 Å². The zero-order chi connectivity index (χ0) is 10.0. The minimum absolute atomic E-state index is 0.403. The molecule has 2 fully saturated rings. The van der Waals surface area contributed by atoms with E-state index in [9.17, 15) is 0 Å². The van der Waals surface area contributed by atoms with Crippen LogP contribution in [0.25, 0.3) is 0 Å². The van der Waals surface area contributed by atoms with E-state index in [0.29, 0.717) is 5.41 Å². The fourth-order valence-electron chi connectivity index (χ4n) is 2.56. The van der Waals surface area contributed by atoms with Crippen molar-refractivity contribution in [3.05, 3.63) is 0 Å². The number of piperidine rings is 1. The van der Waals surface area contributed by atoms with Crippen LogP contribution >= 0.6 is 0 Å². The molecule has 0 aromatic rings. The molecule has 2 rings (SSSR count). The molecule has 1 aliphatic carbocycles. The number of hydrogen-bond acceptors (Lipinski definition) is 2. The van der Waals surface area contributed by atoms with Crippen LogP contribution in [0.4, 0.5) is 0 Å². The predicted octanol–water partition coefficient (Wildman–Crippen LogP) is 2.55. The molecule has 2 nitrogen and oxygen atoms in total. The van der Waals surface area contributed by atoms with Gasteiger partial charge in [-0.2, -0.15) is 5.26 Å². The van der Waals surface area contributed by atoms with E-state index < -0.39 is 0 Å². The molecular weight excluding hydrogens is 172 g/mol. The Bertz CT molecular complexity index is 237. The third kappa shape index (κ3) is 2.09. The number of rotatable bonds is 3. The van der Waals surface area contributed by atoms with Gasteiger partial charge in [-0.25, -0.2) is 0 Å². The Labute approximate surface area is 86.9 Å². The van der Waals surface area contributed by atoms with Gasteiger partial charge in [-0.1, -0.05) is 6.42 Å². The van der Waals surface area contributed by atoms with Gasteiger partial charge in [0.2, 0.25) is 0 Å². The maximum atomic E-state index is 8.77. The van der Waals surface area contributed by atoms with E-state index >= 15 is 0 Å². The summed E-state index contributed by atoms with van der Waals surface area (Å²) in [6.45, 7) is 4.78. The Morgan fingerprint density at radius 1 is 1.43 bits per heavy atom. The summed E-state index contributed by atoms with van der Waals surface area (Å²) in [6, 6.07) is 3.10. The van der Waals surface area contributed by atoms with Crippen LogP contribution in [0.2, 0.25) is 0 Å². The first kappa shape index (κ1) is 9.98. The molecule has 0 amide bonds. The van der Waals surface area contributed by atoms with Crippen LogP contribution in [0.1, 0.15) is 45.4 Å². The number of hydrogen-bond donors (Lipinski definition) is 0. The van der Waals surface area contributed by atoms with Gasteiger partial charge in [0.05, 0.1) is 6.07 Å². The monoisotopic (exact) mass is 192 g/mol. The lowest BCUT2D eigenvalue weighted by Crippen LogP contribution is -2.41. The first-order valence-electron chi connectivity index (χ1n) is 5.87. The number of nitriles is 1. The van der Waals surface area contributed by atoms with Crippen LogP contribution in [0, 0.1) is 16.7 Å². The van der Waals surface area contributed by atoms with Gasteiger partial charge in [0.25, 0.3) is 0 Å². The maximum absolute atomic E-state index is 8.77. The van der Waals surface area contributed by atoms with Crippen molar-refractivity contribution in [1.82, 2.24) is 4.90 Å². The second kappa shape index (κ2) is 3.90. The molecule has 1 unspecified atom stereocenters. The minimum atomic E-state index is 0.403. The van der Waals surface area contributed by atoms with Gasteiger partial charge in [0.1, 0.15) is 0 Å². The zero-order valence-electron chi connectivity index (χ0n) is 9.13. The molecule has 1 aliphatic heterocycles. The van der Waals surface area contributed by atoms with Crippen LogP contribution in [0.15, 0.2) is 0 Å². The molecule has 2 heteroatoms. The standard InChI is InChI=1S/C12H20N2/c1-11-4-2-3-9-14(11)10-12(5-6-12)7-8-13/h11H,2-7,9-10H2,1H3. The summed E-state index contributed by atoms with van der Waals surface area (Å²) in [6.07, 6.45) is 7.43. The summed E-state index contributed by atoms with van der Waals surface area (Å²) >= 11 is 0. The Morgan fingerprint density at radius 3 is 2.79 bits per heavy atom. The van der Waals surface area contributed by atoms with E-state index in [-0.39, 0.29) is 0 Å². The van der Waals surface area contributed by atoms with Crippen molar-refractivity contribution in [2.24, 2.45) is 5.41 Å². The summed E-state index contributed by atoms with van der Waals surface area (Å²) in [7, 11) is 0. The van der Waals surface area contributed by atoms with E-state index in [1.54, 1.807) is 0 Å². The molecule has 0 radical (unpaired) electrons. The molecule has 1 atom stereocenters. The van der Waals surface area contributed by atoms with Crippen LogP contribution in [0.3, 0.4) is 0 Å². The van der Waals surface area contributed by atoms with E-state index in [4.69, 9.17) is 5.26 Å². The molecule has 0 spiro atoms. The molecule has 14 heavy (non-hydrogen) atoms. The van der Waals surface area contributed by atoms with Crippen molar-refractivity contribution in [3.8, 4) is 6.07 Å². The Morgan fingerprint density at radius 2 is 2.21 bits per heavy atom. The highest BCUT2D eigenvalue weighted by molar-refractivity contribution is 5.01. The van der Waals surface area contributed by atoms with Crippen LogP contribution < -0.4 is 0 Å². The molecule has 0 aromatic heterocycles. The fourth-order valence-corrected chi connectivity index (χ4v) is 2.56. The SMILES string of the molecule is CC1CCCCN1CC1(CC#N)CC1. The van der Waals surface area contributed by atoms with E-state index in [1.807, 2.05) is 0 Å². The quantitative estimate of drug-likeness (QED) is 0.687. The molecule has 0 aromatic carbocycles. The lowest BCUT2D eigenvalue weighted by molar-refractivity contribution is 0.130. The fraction of sp³-hybridized carbons (Fsp3) is 0.917. The molecule has 1 saturated carbocycles. The van der Waals surface area contributed by atoms with Crippen molar-refractivity contribution >= 4 is 0 Å². The normalized spacial score (nSPS) is 31.0. The number of likely N-dealkylation sites (tertiary alicyclic amines) is 1. The van der Waals surface area contributed by atoms with Gasteiger partial charge in [-0.05, 0) is 44.6 Å². The van der Waals surface area contributed by atoms with E-state index in [1.165, 1.54) is 45.2 Å². The lowest BCUT2D eigenvalue weighted by Gasteiger charge is -2.35. The first-order chi connectivity index (χ1) is 6.76. The highest BCUT2D eigenvalue weighted by Gasteiger charge is 2.44. The van der Waals surface area contributed by atoms with Crippen LogP contribution in [-0.4, -0.2) is 24.0 Å². The van der Waals surface area contributed by atoms with Crippen molar-refractivity contribution in [2.75, 3.05) is 13.1 Å². The molecule has 1 heterocycles. The lowest BCUT2D eigenvalue weighted by atomic mass is 9.97. The summed E-state index contributed by atoms with van der Waals surface area (Å²) in [5.74, 6) is 0. The zero-order valence-corrected chi connectivity index (χ0v) is 9.13. The third-order valence-electron chi connectivity index (χ3n) is 3.89. The molecule has 0 bridgehead atoms. The molecule has 78 valence electrons. The summed E-state index contributed by atoms with van der Waals surface area (Å²) in [5, 5.41) is 8.77. The topological polar surface area (TPSA) is 27.0 Å². The number of nitrogens with zero attached hydrogens (tertiary/aromatic N) is 2. The van der Waals surface area contributed by atoms with Gasteiger partial charge in [-0.15, -0.1) is 0 Å². The summed E-state index contributed by atoms with van der Waals surface area (Å²) < 4.78 is 0. The van der Waals surface area contributed by atoms with Crippen LogP contribution in [0.5, 0.6) is 0 Å². The van der Waals surface area contributed by atoms with Crippen LogP contribution in [-0.2, 0) is 0 Å². The largest absolute Gasteiger partial charge is 0.300 e. The van der Waals surface area contributed by atoms with Gasteiger partial charge < -0.3 is 4.90 Å². The van der Waals surface area contributed by atoms with Crippen molar-refractivity contribution in [3.63, 3.8) is 0 Å². The predicted molar refractivity (Wildman–Crippen MR) is 56.8 cm³/mol. The average Bonchev–Trinajstić information content (AvgIpc) is 2.90. The molecular formula is C12H20N2. The van der Waals surface area contributed by atoms with Gasteiger partial charge in [0, 0.05) is 19.0 Å². The summed E-state index contributed by atoms with van der Waals surface area (Å²) in [4.78, 5) is 2.60. The Balaban J connectivity index is 1.87. The third-order valence-corrected chi connectivity index (χ3v) is 3.89. The summed E-state index contributed by atoms with van der Waals surface area (Å²) in [5.41, 5.74) is 0.403. The van der Waals surface area contributed by atoms with Gasteiger partial charge >= 0.3 is 0 Å².